The topological polar surface area (TPSA) is 106 Å². The number of anilines is 1. The minimum Gasteiger partial charge on any atom is -0.495 e. The maximum atomic E-state index is 14.6. The van der Waals surface area contributed by atoms with Gasteiger partial charge in [-0.15, -0.1) is 0 Å². The van der Waals surface area contributed by atoms with Crippen LogP contribution in [0.1, 0.15) is 22.3 Å². The van der Waals surface area contributed by atoms with Gasteiger partial charge >= 0.3 is 6.18 Å². The van der Waals surface area contributed by atoms with Crippen LogP contribution >= 0.6 is 0 Å². The Balaban J connectivity index is 1.63. The van der Waals surface area contributed by atoms with E-state index in [1.807, 2.05) is 4.90 Å². The summed E-state index contributed by atoms with van der Waals surface area (Å²) < 4.78 is 84.2. The van der Waals surface area contributed by atoms with Crippen molar-refractivity contribution >= 4 is 32.5 Å². The number of rotatable bonds is 7. The molecule has 1 saturated heterocycles. The summed E-state index contributed by atoms with van der Waals surface area (Å²) in [5, 5.41) is 5.63. The van der Waals surface area contributed by atoms with Crippen molar-refractivity contribution in [3.8, 4) is 17.6 Å². The number of amides is 1. The van der Waals surface area contributed by atoms with Gasteiger partial charge in [-0.1, -0.05) is 11.8 Å². The van der Waals surface area contributed by atoms with Crippen LogP contribution in [0.25, 0.3) is 11.0 Å². The molecule has 0 unspecified atom stereocenters. The van der Waals surface area contributed by atoms with Crippen LogP contribution in [0.4, 0.5) is 23.2 Å². The van der Waals surface area contributed by atoms with Crippen LogP contribution in [0.2, 0.25) is 0 Å². The summed E-state index contributed by atoms with van der Waals surface area (Å²) in [4.78, 5) is 19.1. The zero-order valence-electron chi connectivity index (χ0n) is 22.5. The van der Waals surface area contributed by atoms with Gasteiger partial charge in [0.25, 0.3) is 5.91 Å². The molecule has 4 rings (SSSR count). The van der Waals surface area contributed by atoms with E-state index in [2.05, 4.69) is 27.5 Å². The summed E-state index contributed by atoms with van der Waals surface area (Å²) in [6.45, 7) is -0.570. The smallest absolute Gasteiger partial charge is 0.406 e. The van der Waals surface area contributed by atoms with Crippen molar-refractivity contribution in [1.82, 2.24) is 19.8 Å². The maximum Gasteiger partial charge on any atom is 0.406 e. The molecule has 2 atom stereocenters. The van der Waals surface area contributed by atoms with Gasteiger partial charge in [0, 0.05) is 24.9 Å². The van der Waals surface area contributed by atoms with Crippen molar-refractivity contribution < 1.29 is 35.5 Å². The first-order valence-electron chi connectivity index (χ1n) is 12.5. The van der Waals surface area contributed by atoms with E-state index >= 15 is 0 Å². The molecule has 14 heteroatoms. The lowest BCUT2D eigenvalue weighted by Crippen LogP contribution is -2.51. The molecule has 0 bridgehead atoms. The molecule has 1 aliphatic heterocycles. The minimum atomic E-state index is -4.53. The summed E-state index contributed by atoms with van der Waals surface area (Å²) in [6.07, 6.45) is -3.38. The Morgan fingerprint density at radius 1 is 1.24 bits per heavy atom. The number of benzene rings is 2. The average molecular weight is 596 g/mol. The molecule has 1 aliphatic rings. The molecule has 2 aromatic carbocycles. The monoisotopic (exact) mass is 595 g/mol. The van der Waals surface area contributed by atoms with Crippen LogP contribution in [0, 0.1) is 11.8 Å². The van der Waals surface area contributed by atoms with Gasteiger partial charge in [0.1, 0.15) is 24.0 Å². The first-order valence-corrected chi connectivity index (χ1v) is 14.4. The highest BCUT2D eigenvalue weighted by atomic mass is 32.2. The molecular weight excluding hydrogens is 566 g/mol. The molecule has 41 heavy (non-hydrogen) atoms. The number of likely N-dealkylation sites (tertiary alicyclic amines) is 1. The van der Waals surface area contributed by atoms with Crippen molar-refractivity contribution in [3.05, 3.63) is 47.8 Å². The highest BCUT2D eigenvalue weighted by Gasteiger charge is 2.31. The lowest BCUT2D eigenvalue weighted by atomic mass is 10.0. The zero-order chi connectivity index (χ0) is 29.9. The van der Waals surface area contributed by atoms with Gasteiger partial charge in [-0.3, -0.25) is 4.79 Å². The largest absolute Gasteiger partial charge is 0.495 e. The number of carbonyl (C=O) groups excluding carboxylic acids is 1. The molecule has 0 aliphatic carbocycles. The number of sulfone groups is 1. The van der Waals surface area contributed by atoms with E-state index in [9.17, 15) is 30.8 Å². The van der Waals surface area contributed by atoms with Gasteiger partial charge in [0.2, 0.25) is 0 Å². The van der Waals surface area contributed by atoms with Crippen molar-refractivity contribution in [2.75, 3.05) is 45.4 Å². The van der Waals surface area contributed by atoms with Crippen molar-refractivity contribution in [3.63, 3.8) is 0 Å². The van der Waals surface area contributed by atoms with Crippen LogP contribution in [0.3, 0.4) is 0 Å². The molecule has 3 aromatic rings. The Bertz CT molecular complexity index is 1610. The Labute approximate surface area is 234 Å². The zero-order valence-corrected chi connectivity index (χ0v) is 23.4. The predicted molar refractivity (Wildman–Crippen MR) is 146 cm³/mol. The maximum absolute atomic E-state index is 14.6. The first-order chi connectivity index (χ1) is 19.2. The molecule has 2 heterocycles. The number of carbonyl (C=O) groups is 1. The normalized spacial score (nSPS) is 18.0. The van der Waals surface area contributed by atoms with Gasteiger partial charge in [0.05, 0.1) is 47.7 Å². The first kappa shape index (κ1) is 30.1. The summed E-state index contributed by atoms with van der Waals surface area (Å²) in [5.41, 5.74) is 0.693. The quantitative estimate of drug-likeness (QED) is 0.319. The van der Waals surface area contributed by atoms with E-state index < -0.39 is 40.7 Å². The lowest BCUT2D eigenvalue weighted by molar-refractivity contribution is -0.139. The summed E-state index contributed by atoms with van der Waals surface area (Å²) >= 11 is 0. The molecule has 220 valence electrons. The van der Waals surface area contributed by atoms with Gasteiger partial charge in [0.15, 0.2) is 9.84 Å². The lowest BCUT2D eigenvalue weighted by Gasteiger charge is -2.32. The highest BCUT2D eigenvalue weighted by Crippen LogP contribution is 2.28. The highest BCUT2D eigenvalue weighted by molar-refractivity contribution is 7.90. The molecule has 2 N–H and O–H groups in total. The van der Waals surface area contributed by atoms with Crippen molar-refractivity contribution in [1.29, 1.82) is 0 Å². The number of fused-ring (bicyclic) bond motifs is 1. The number of halogens is 4. The summed E-state index contributed by atoms with van der Waals surface area (Å²) in [7, 11) is -0.270. The van der Waals surface area contributed by atoms with E-state index in [1.165, 1.54) is 37.4 Å². The number of ether oxygens (including phenoxy) is 1. The van der Waals surface area contributed by atoms with Crippen LogP contribution in [-0.2, 0) is 16.4 Å². The van der Waals surface area contributed by atoms with Gasteiger partial charge in [-0.05, 0) is 43.8 Å². The Hall–Kier alpha value is -3.83. The molecule has 0 spiro atoms. The number of methoxy groups -OCH3 is 1. The molecular formula is C27H29F4N5O4S. The van der Waals surface area contributed by atoms with Gasteiger partial charge in [-0.2, -0.15) is 13.2 Å². The third-order valence-electron chi connectivity index (χ3n) is 6.58. The van der Waals surface area contributed by atoms with Crippen LogP contribution in [0.5, 0.6) is 5.75 Å². The molecule has 9 nitrogen and oxygen atoms in total. The number of nitrogens with one attached hydrogen (secondary N) is 2. The number of alkyl halides is 4. The molecule has 0 radical (unpaired) electrons. The summed E-state index contributed by atoms with van der Waals surface area (Å²) in [6, 6.07) is 6.37. The van der Waals surface area contributed by atoms with Crippen LogP contribution in [-0.4, -0.2) is 87.2 Å². The third-order valence-corrected chi connectivity index (χ3v) is 7.69. The van der Waals surface area contributed by atoms with Crippen LogP contribution in [0.15, 0.2) is 41.6 Å². The minimum absolute atomic E-state index is 0.0179. The fraction of sp³-hybridized carbons (Fsp3) is 0.407. The fourth-order valence-electron chi connectivity index (χ4n) is 4.53. The van der Waals surface area contributed by atoms with Crippen LogP contribution < -0.4 is 15.4 Å². The third kappa shape index (κ3) is 7.47. The van der Waals surface area contributed by atoms with E-state index in [4.69, 9.17) is 4.74 Å². The van der Waals surface area contributed by atoms with E-state index in [0.717, 1.165) is 17.2 Å². The summed E-state index contributed by atoms with van der Waals surface area (Å²) in [5.74, 6) is 5.38. The molecule has 1 aromatic heterocycles. The number of piperidine rings is 1. The number of hydrogen-bond acceptors (Lipinski definition) is 7. The standard InChI is InChI=1S/C27H29F4N5O4S/c1-35-10-8-21(20(28)14-35)34-26(37)19-11-17(12-23-25(19)33-16-36(23)15-27(29,30)31)5-4-9-32-22-13-18(41(3,38)39)6-7-24(22)40-2/h6-7,11-13,16,20-21,32H,8-10,14-15H2,1-3H3,(H,34,37)/t20-,21-/m0/s1. The molecule has 0 saturated carbocycles. The number of nitrogens with zero attached hydrogens (tertiary/aromatic N) is 3. The van der Waals surface area contributed by atoms with E-state index in [0.29, 0.717) is 24.4 Å². The SMILES string of the molecule is COc1ccc(S(C)(=O)=O)cc1NCC#Cc1cc(C(=O)N[C@H]2CCN(C)C[C@@H]2F)c2ncn(CC(F)(F)F)c2c1. The van der Waals surface area contributed by atoms with E-state index in [1.54, 1.807) is 7.05 Å². The van der Waals surface area contributed by atoms with Gasteiger partial charge < -0.3 is 24.8 Å². The Kier molecular flexibility index (Phi) is 8.79. The van der Waals surface area contributed by atoms with E-state index in [-0.39, 0.29) is 40.1 Å². The molecule has 1 amide bonds. The van der Waals surface area contributed by atoms with Gasteiger partial charge in [-0.25, -0.2) is 17.8 Å². The Morgan fingerprint density at radius 3 is 2.66 bits per heavy atom. The predicted octanol–water partition coefficient (Wildman–Crippen LogP) is 3.25. The second-order valence-electron chi connectivity index (χ2n) is 9.82. The fourth-order valence-corrected chi connectivity index (χ4v) is 5.18. The molecule has 1 fully saturated rings. The van der Waals surface area contributed by atoms with Crippen molar-refractivity contribution in [2.45, 2.75) is 36.3 Å². The number of imidazole rings is 1. The Morgan fingerprint density at radius 2 is 2.00 bits per heavy atom. The second-order valence-corrected chi connectivity index (χ2v) is 11.8. The van der Waals surface area contributed by atoms with Crippen molar-refractivity contribution in [2.24, 2.45) is 0 Å². The number of aromatic nitrogens is 2. The average Bonchev–Trinajstić information content (AvgIpc) is 3.28. The second kappa shape index (κ2) is 12.0. The number of hydrogen-bond donors (Lipinski definition) is 2.